The van der Waals surface area contributed by atoms with Crippen molar-refractivity contribution in [1.29, 1.82) is 0 Å². The Morgan fingerprint density at radius 3 is 2.44 bits per heavy atom. The van der Waals surface area contributed by atoms with Crippen LogP contribution in [0.1, 0.15) is 34.1 Å². The van der Waals surface area contributed by atoms with Crippen LogP contribution < -0.4 is 20.7 Å². The summed E-state index contributed by atoms with van der Waals surface area (Å²) in [4.78, 5) is 27.5. The second-order valence-corrected chi connectivity index (χ2v) is 9.41. The van der Waals surface area contributed by atoms with Gasteiger partial charge in [0.25, 0.3) is 5.91 Å². The van der Waals surface area contributed by atoms with E-state index in [4.69, 9.17) is 0 Å². The lowest BCUT2D eigenvalue weighted by molar-refractivity contribution is -0.137. The summed E-state index contributed by atoms with van der Waals surface area (Å²) >= 11 is 0. The molecule has 0 radical (unpaired) electrons. The Kier molecular flexibility index (Phi) is 7.92. The standard InChI is InChI=1S/C21H23F3N8O3S/c1-4-36(34,35)32-18-16(26-7-8-27-18)11-28-17-14(21(22,23)24)10-29-20(31-17)30-15-6-5-13(9-12(15)2)19(33)25-3/h5-10H,4,11H2,1-3H3,(H,25,33)(H,27,32)(H2,28,29,30,31). The highest BCUT2D eigenvalue weighted by molar-refractivity contribution is 7.92. The van der Waals surface area contributed by atoms with E-state index >= 15 is 0 Å². The van der Waals surface area contributed by atoms with Crippen molar-refractivity contribution in [2.24, 2.45) is 0 Å². The molecule has 1 aromatic carbocycles. The van der Waals surface area contributed by atoms with Crippen LogP contribution in [0.2, 0.25) is 0 Å². The van der Waals surface area contributed by atoms with E-state index in [9.17, 15) is 26.4 Å². The molecule has 11 nitrogen and oxygen atoms in total. The fourth-order valence-corrected chi connectivity index (χ4v) is 3.57. The number of amides is 1. The molecule has 3 aromatic rings. The zero-order chi connectivity index (χ0) is 26.5. The predicted octanol–water partition coefficient (Wildman–Crippen LogP) is 3.07. The van der Waals surface area contributed by atoms with Crippen LogP contribution in [0.4, 0.5) is 36.4 Å². The highest BCUT2D eigenvalue weighted by atomic mass is 32.2. The number of rotatable bonds is 9. The first-order valence-electron chi connectivity index (χ1n) is 10.5. The second-order valence-electron chi connectivity index (χ2n) is 7.40. The average molecular weight is 525 g/mol. The Morgan fingerprint density at radius 1 is 1.08 bits per heavy atom. The lowest BCUT2D eigenvalue weighted by atomic mass is 10.1. The topological polar surface area (TPSA) is 151 Å². The SMILES string of the molecule is CCS(=O)(=O)Nc1nccnc1CNc1nc(Nc2ccc(C(=O)NC)cc2C)ncc1C(F)(F)F. The van der Waals surface area contributed by atoms with Crippen LogP contribution in [0.15, 0.2) is 36.8 Å². The molecular formula is C21H23F3N8O3S. The molecule has 0 unspecified atom stereocenters. The van der Waals surface area contributed by atoms with Crippen LogP contribution in [0.3, 0.4) is 0 Å². The Labute approximate surface area is 205 Å². The lowest BCUT2D eigenvalue weighted by Crippen LogP contribution is -2.19. The van der Waals surface area contributed by atoms with E-state index in [1.807, 2.05) is 0 Å². The van der Waals surface area contributed by atoms with Gasteiger partial charge in [-0.3, -0.25) is 14.5 Å². The van der Waals surface area contributed by atoms with Crippen molar-refractivity contribution in [1.82, 2.24) is 25.3 Å². The van der Waals surface area contributed by atoms with E-state index in [2.05, 4.69) is 40.6 Å². The van der Waals surface area contributed by atoms with Crippen molar-refractivity contribution in [3.05, 3.63) is 59.2 Å². The molecule has 0 spiro atoms. The van der Waals surface area contributed by atoms with Gasteiger partial charge in [0, 0.05) is 36.9 Å². The fraction of sp³-hybridized carbons (Fsp3) is 0.286. The van der Waals surface area contributed by atoms with E-state index in [1.54, 1.807) is 25.1 Å². The maximum Gasteiger partial charge on any atom is 0.421 e. The van der Waals surface area contributed by atoms with Gasteiger partial charge in [0.2, 0.25) is 16.0 Å². The smallest absolute Gasteiger partial charge is 0.364 e. The van der Waals surface area contributed by atoms with Crippen LogP contribution in [0, 0.1) is 6.92 Å². The highest BCUT2D eigenvalue weighted by Gasteiger charge is 2.35. The second kappa shape index (κ2) is 10.7. The Hall–Kier alpha value is -4.01. The number of aryl methyl sites for hydroxylation is 1. The minimum atomic E-state index is -4.76. The first-order chi connectivity index (χ1) is 16.9. The first kappa shape index (κ1) is 26.6. The number of hydrogen-bond acceptors (Lipinski definition) is 9. The number of halogens is 3. The number of nitrogens with zero attached hydrogens (tertiary/aromatic N) is 4. The van der Waals surface area contributed by atoms with Crippen LogP contribution >= 0.6 is 0 Å². The number of nitrogens with one attached hydrogen (secondary N) is 4. The monoisotopic (exact) mass is 524 g/mol. The molecule has 0 aliphatic rings. The van der Waals surface area contributed by atoms with E-state index in [1.165, 1.54) is 26.4 Å². The summed E-state index contributed by atoms with van der Waals surface area (Å²) in [6.45, 7) is 2.83. The number of carbonyl (C=O) groups excluding carboxylic acids is 1. The molecule has 1 amide bonds. The van der Waals surface area contributed by atoms with Gasteiger partial charge in [0.1, 0.15) is 17.1 Å². The average Bonchev–Trinajstić information content (AvgIpc) is 2.83. The summed E-state index contributed by atoms with van der Waals surface area (Å²) in [7, 11) is -2.19. The van der Waals surface area contributed by atoms with Crippen molar-refractivity contribution in [2.75, 3.05) is 28.2 Å². The summed E-state index contributed by atoms with van der Waals surface area (Å²) in [6.07, 6.45) is -1.60. The van der Waals surface area contributed by atoms with Gasteiger partial charge in [-0.05, 0) is 37.6 Å². The first-order valence-corrected chi connectivity index (χ1v) is 12.2. The molecular weight excluding hydrogens is 501 g/mol. The largest absolute Gasteiger partial charge is 0.421 e. The molecule has 36 heavy (non-hydrogen) atoms. The van der Waals surface area contributed by atoms with E-state index in [-0.39, 0.29) is 35.7 Å². The van der Waals surface area contributed by atoms with Crippen molar-refractivity contribution >= 4 is 39.2 Å². The molecule has 0 saturated heterocycles. The quantitative estimate of drug-likeness (QED) is 0.331. The van der Waals surface area contributed by atoms with E-state index < -0.39 is 27.6 Å². The third kappa shape index (κ3) is 6.56. The fourth-order valence-electron chi connectivity index (χ4n) is 2.96. The third-order valence-corrected chi connectivity index (χ3v) is 6.15. The predicted molar refractivity (Wildman–Crippen MR) is 127 cm³/mol. The minimum Gasteiger partial charge on any atom is -0.364 e. The molecule has 3 rings (SSSR count). The molecule has 0 aliphatic carbocycles. The summed E-state index contributed by atoms with van der Waals surface area (Å²) in [5.74, 6) is -1.30. The number of sulfonamides is 1. The Morgan fingerprint density at radius 2 is 1.81 bits per heavy atom. The maximum absolute atomic E-state index is 13.6. The van der Waals surface area contributed by atoms with Gasteiger partial charge in [0.05, 0.1) is 12.3 Å². The molecule has 4 N–H and O–H groups in total. The van der Waals surface area contributed by atoms with Crippen LogP contribution in [-0.2, 0) is 22.7 Å². The number of benzene rings is 1. The van der Waals surface area contributed by atoms with Crippen molar-refractivity contribution in [3.8, 4) is 0 Å². The van der Waals surface area contributed by atoms with Crippen LogP contribution in [-0.4, -0.2) is 47.1 Å². The number of hydrogen-bond donors (Lipinski definition) is 4. The maximum atomic E-state index is 13.6. The number of aromatic nitrogens is 4. The van der Waals surface area contributed by atoms with E-state index in [0.717, 1.165) is 0 Å². The molecule has 192 valence electrons. The van der Waals surface area contributed by atoms with Gasteiger partial charge < -0.3 is 16.0 Å². The van der Waals surface area contributed by atoms with Crippen molar-refractivity contribution < 1.29 is 26.4 Å². The van der Waals surface area contributed by atoms with Crippen LogP contribution in [0.25, 0.3) is 0 Å². The zero-order valence-corrected chi connectivity index (χ0v) is 20.3. The van der Waals surface area contributed by atoms with Gasteiger partial charge in [-0.1, -0.05) is 0 Å². The van der Waals surface area contributed by atoms with Crippen molar-refractivity contribution in [2.45, 2.75) is 26.6 Å². The van der Waals surface area contributed by atoms with Gasteiger partial charge in [0.15, 0.2) is 5.82 Å². The molecule has 15 heteroatoms. The summed E-state index contributed by atoms with van der Waals surface area (Å²) < 4.78 is 66.9. The van der Waals surface area contributed by atoms with Gasteiger partial charge in [-0.25, -0.2) is 18.4 Å². The van der Waals surface area contributed by atoms with Crippen LogP contribution in [0.5, 0.6) is 0 Å². The summed E-state index contributed by atoms with van der Waals surface area (Å²) in [5.41, 5.74) is 0.477. The normalized spacial score (nSPS) is 11.6. The van der Waals surface area contributed by atoms with Crippen molar-refractivity contribution in [3.63, 3.8) is 0 Å². The number of alkyl halides is 3. The summed E-state index contributed by atoms with van der Waals surface area (Å²) in [6, 6.07) is 4.74. The lowest BCUT2D eigenvalue weighted by Gasteiger charge is -2.16. The molecule has 0 fully saturated rings. The number of anilines is 4. The molecule has 0 aliphatic heterocycles. The third-order valence-electron chi connectivity index (χ3n) is 4.89. The Balaban J connectivity index is 1.89. The van der Waals surface area contributed by atoms with Gasteiger partial charge in [-0.2, -0.15) is 18.2 Å². The van der Waals surface area contributed by atoms with Gasteiger partial charge >= 0.3 is 6.18 Å². The van der Waals surface area contributed by atoms with Gasteiger partial charge in [-0.15, -0.1) is 0 Å². The molecule has 0 atom stereocenters. The molecule has 0 saturated carbocycles. The Bertz CT molecular complexity index is 1370. The van der Waals surface area contributed by atoms with E-state index in [0.29, 0.717) is 23.0 Å². The highest BCUT2D eigenvalue weighted by Crippen LogP contribution is 2.34. The zero-order valence-electron chi connectivity index (χ0n) is 19.4. The molecule has 2 aromatic heterocycles. The molecule has 0 bridgehead atoms. The minimum absolute atomic E-state index is 0.0661. The summed E-state index contributed by atoms with van der Waals surface area (Å²) in [5, 5.41) is 7.90. The molecule has 2 heterocycles. The number of carbonyl (C=O) groups is 1.